The Kier molecular flexibility index (Phi) is 3.71. The molecule has 0 unspecified atom stereocenters. The fourth-order valence-corrected chi connectivity index (χ4v) is 2.50. The molecule has 9 heteroatoms. The molecule has 0 aliphatic rings. The minimum atomic E-state index is -4.61. The average molecular weight is 349 g/mol. The van der Waals surface area contributed by atoms with Gasteiger partial charge in [-0.15, -0.1) is 0 Å². The maximum absolute atomic E-state index is 12.9. The Balaban J connectivity index is 2.22. The van der Waals surface area contributed by atoms with Crippen molar-refractivity contribution in [3.8, 4) is 11.1 Å². The number of amides is 1. The zero-order chi connectivity index (χ0) is 18.4. The van der Waals surface area contributed by atoms with Gasteiger partial charge in [-0.2, -0.15) is 13.2 Å². The van der Waals surface area contributed by atoms with Gasteiger partial charge in [-0.05, 0) is 41.5 Å². The van der Waals surface area contributed by atoms with Crippen LogP contribution in [-0.4, -0.2) is 26.4 Å². The second-order valence-corrected chi connectivity index (χ2v) is 5.22. The summed E-state index contributed by atoms with van der Waals surface area (Å²) >= 11 is 0. The SMILES string of the molecule is NC(=O)c1ncc2cc(-c3cc(C(F)(F)F)ccc3C(=O)O)ccn12. The van der Waals surface area contributed by atoms with E-state index in [0.717, 1.165) is 18.2 Å². The third-order valence-corrected chi connectivity index (χ3v) is 3.64. The van der Waals surface area contributed by atoms with E-state index in [1.54, 1.807) is 0 Å². The van der Waals surface area contributed by atoms with Crippen molar-refractivity contribution in [3.63, 3.8) is 0 Å². The number of benzene rings is 1. The van der Waals surface area contributed by atoms with Crippen LogP contribution >= 0.6 is 0 Å². The van der Waals surface area contributed by atoms with Gasteiger partial charge in [0.05, 0.1) is 22.8 Å². The number of nitrogens with two attached hydrogens (primary N) is 1. The highest BCUT2D eigenvalue weighted by Gasteiger charge is 2.31. The van der Waals surface area contributed by atoms with Crippen LogP contribution in [0.4, 0.5) is 13.2 Å². The number of alkyl halides is 3. The van der Waals surface area contributed by atoms with Crippen molar-refractivity contribution in [2.24, 2.45) is 5.73 Å². The molecule has 0 atom stereocenters. The number of carboxylic acids is 1. The highest BCUT2D eigenvalue weighted by molar-refractivity contribution is 5.97. The largest absolute Gasteiger partial charge is 0.478 e. The number of hydrogen-bond acceptors (Lipinski definition) is 3. The third kappa shape index (κ3) is 2.91. The van der Waals surface area contributed by atoms with Crippen molar-refractivity contribution in [1.29, 1.82) is 0 Å². The molecule has 1 aromatic carbocycles. The zero-order valence-electron chi connectivity index (χ0n) is 12.4. The van der Waals surface area contributed by atoms with E-state index in [9.17, 15) is 27.9 Å². The van der Waals surface area contributed by atoms with Crippen LogP contribution in [-0.2, 0) is 6.18 Å². The number of rotatable bonds is 3. The summed E-state index contributed by atoms with van der Waals surface area (Å²) in [4.78, 5) is 26.5. The minimum absolute atomic E-state index is 0.0379. The number of imidazole rings is 1. The first-order chi connectivity index (χ1) is 11.7. The van der Waals surface area contributed by atoms with Crippen LogP contribution in [0.2, 0.25) is 0 Å². The second-order valence-electron chi connectivity index (χ2n) is 5.22. The Bertz CT molecular complexity index is 1010. The van der Waals surface area contributed by atoms with Crippen molar-refractivity contribution in [3.05, 3.63) is 59.7 Å². The quantitative estimate of drug-likeness (QED) is 0.760. The molecule has 2 aromatic heterocycles. The topological polar surface area (TPSA) is 97.7 Å². The number of carbonyl (C=O) groups excluding carboxylic acids is 1. The van der Waals surface area contributed by atoms with Crippen LogP contribution in [0.15, 0.2) is 42.7 Å². The third-order valence-electron chi connectivity index (χ3n) is 3.64. The van der Waals surface area contributed by atoms with Gasteiger partial charge in [-0.25, -0.2) is 9.78 Å². The standard InChI is InChI=1S/C16H10F3N3O3/c17-16(18,19)9-1-2-11(15(24)25)12(6-9)8-3-4-22-10(5-8)7-21-14(22)13(20)23/h1-7H,(H2,20,23)(H,24,25). The summed E-state index contributed by atoms with van der Waals surface area (Å²) in [6.45, 7) is 0. The summed E-state index contributed by atoms with van der Waals surface area (Å²) in [6, 6.07) is 5.23. The van der Waals surface area contributed by atoms with Crippen LogP contribution in [0, 0.1) is 0 Å². The number of aromatic carboxylic acids is 1. The molecule has 2 heterocycles. The highest BCUT2D eigenvalue weighted by Crippen LogP contribution is 2.34. The summed E-state index contributed by atoms with van der Waals surface area (Å²) in [7, 11) is 0. The number of fused-ring (bicyclic) bond motifs is 1. The smallest absolute Gasteiger partial charge is 0.416 e. The minimum Gasteiger partial charge on any atom is -0.478 e. The first-order valence-corrected chi connectivity index (χ1v) is 6.90. The van der Waals surface area contributed by atoms with E-state index in [1.807, 2.05) is 0 Å². The van der Waals surface area contributed by atoms with E-state index in [0.29, 0.717) is 5.52 Å². The highest BCUT2D eigenvalue weighted by atomic mass is 19.4. The summed E-state index contributed by atoms with van der Waals surface area (Å²) in [6.07, 6.45) is -1.90. The number of nitrogens with zero attached hydrogens (tertiary/aromatic N) is 2. The van der Waals surface area contributed by atoms with E-state index in [1.165, 1.54) is 28.9 Å². The molecule has 0 spiro atoms. The van der Waals surface area contributed by atoms with Crippen LogP contribution in [0.5, 0.6) is 0 Å². The van der Waals surface area contributed by atoms with Crippen molar-refractivity contribution >= 4 is 17.4 Å². The monoisotopic (exact) mass is 349 g/mol. The van der Waals surface area contributed by atoms with Gasteiger partial charge in [0.1, 0.15) is 0 Å². The molecule has 6 nitrogen and oxygen atoms in total. The van der Waals surface area contributed by atoms with Crippen molar-refractivity contribution in [1.82, 2.24) is 9.38 Å². The van der Waals surface area contributed by atoms with Crippen molar-refractivity contribution < 1.29 is 27.9 Å². The molecule has 3 aromatic rings. The maximum atomic E-state index is 12.9. The Morgan fingerprint density at radius 3 is 2.48 bits per heavy atom. The van der Waals surface area contributed by atoms with Crippen LogP contribution in [0.25, 0.3) is 16.6 Å². The average Bonchev–Trinajstić information content (AvgIpc) is 2.96. The first kappa shape index (κ1) is 16.5. The summed E-state index contributed by atoms with van der Waals surface area (Å²) in [5, 5.41) is 9.25. The number of aromatic nitrogens is 2. The van der Waals surface area contributed by atoms with Crippen LogP contribution in [0.3, 0.4) is 0 Å². The molecular formula is C16H10F3N3O3. The molecule has 3 N–H and O–H groups in total. The maximum Gasteiger partial charge on any atom is 0.416 e. The fraction of sp³-hybridized carbons (Fsp3) is 0.0625. The number of carbonyl (C=O) groups is 2. The van der Waals surface area contributed by atoms with Crippen LogP contribution < -0.4 is 5.73 Å². The molecule has 128 valence electrons. The molecule has 1 amide bonds. The van der Waals surface area contributed by atoms with Gasteiger partial charge in [0.2, 0.25) is 5.82 Å². The Morgan fingerprint density at radius 1 is 1.16 bits per heavy atom. The van der Waals surface area contributed by atoms with E-state index in [-0.39, 0.29) is 22.5 Å². The molecule has 0 fully saturated rings. The lowest BCUT2D eigenvalue weighted by atomic mass is 9.97. The van der Waals surface area contributed by atoms with Gasteiger partial charge >= 0.3 is 12.1 Å². The number of halogens is 3. The number of primary amides is 1. The molecule has 0 bridgehead atoms. The molecule has 0 radical (unpaired) electrons. The number of carboxylic acid groups (broad SMARTS) is 1. The summed E-state index contributed by atoms with van der Waals surface area (Å²) in [5.41, 5.74) is 4.49. The van der Waals surface area contributed by atoms with Crippen LogP contribution in [0.1, 0.15) is 26.5 Å². The second kappa shape index (κ2) is 5.62. The predicted octanol–water partition coefficient (Wildman–Crippen LogP) is 2.82. The fourth-order valence-electron chi connectivity index (χ4n) is 2.50. The lowest BCUT2D eigenvalue weighted by Crippen LogP contribution is -2.15. The normalized spacial score (nSPS) is 11.6. The van der Waals surface area contributed by atoms with Crippen molar-refractivity contribution in [2.45, 2.75) is 6.18 Å². The van der Waals surface area contributed by atoms with E-state index >= 15 is 0 Å². The predicted molar refractivity (Wildman–Crippen MR) is 81.1 cm³/mol. The van der Waals surface area contributed by atoms with Gasteiger partial charge in [0.15, 0.2) is 0 Å². The molecular weight excluding hydrogens is 339 g/mol. The van der Waals surface area contributed by atoms with E-state index in [2.05, 4.69) is 4.98 Å². The lowest BCUT2D eigenvalue weighted by molar-refractivity contribution is -0.137. The summed E-state index contributed by atoms with van der Waals surface area (Å²) in [5.74, 6) is -2.16. The van der Waals surface area contributed by atoms with E-state index < -0.39 is 23.6 Å². The van der Waals surface area contributed by atoms with Gasteiger partial charge in [-0.1, -0.05) is 0 Å². The van der Waals surface area contributed by atoms with Gasteiger partial charge in [0, 0.05) is 6.20 Å². The van der Waals surface area contributed by atoms with Crippen molar-refractivity contribution in [2.75, 3.05) is 0 Å². The number of hydrogen-bond donors (Lipinski definition) is 2. The van der Waals surface area contributed by atoms with Gasteiger partial charge < -0.3 is 10.8 Å². The molecule has 0 aliphatic carbocycles. The molecule has 0 saturated carbocycles. The number of pyridine rings is 1. The Labute approximate surface area is 138 Å². The molecule has 0 saturated heterocycles. The first-order valence-electron chi connectivity index (χ1n) is 6.90. The molecule has 25 heavy (non-hydrogen) atoms. The summed E-state index contributed by atoms with van der Waals surface area (Å²) < 4.78 is 40.2. The van der Waals surface area contributed by atoms with Gasteiger partial charge in [-0.3, -0.25) is 9.20 Å². The molecule has 0 aliphatic heterocycles. The Morgan fingerprint density at radius 2 is 1.88 bits per heavy atom. The Hall–Kier alpha value is -3.36. The molecule has 3 rings (SSSR count). The zero-order valence-corrected chi connectivity index (χ0v) is 12.4. The lowest BCUT2D eigenvalue weighted by Gasteiger charge is -2.12. The van der Waals surface area contributed by atoms with Gasteiger partial charge in [0.25, 0.3) is 5.91 Å². The van der Waals surface area contributed by atoms with E-state index in [4.69, 9.17) is 5.73 Å².